The minimum atomic E-state index is 0. The van der Waals surface area contributed by atoms with Gasteiger partial charge in [-0.3, -0.25) is 4.90 Å². The summed E-state index contributed by atoms with van der Waals surface area (Å²) in [4.78, 5) is 7.22. The average Bonchev–Trinajstić information content (AvgIpc) is 3.48. The molecule has 2 aromatic rings. The molecular weight excluding hydrogens is 483 g/mol. The van der Waals surface area contributed by atoms with Crippen molar-refractivity contribution < 1.29 is 13.9 Å². The normalized spacial score (nSPS) is 17.1. The zero-order valence-electron chi connectivity index (χ0n) is 16.7. The lowest BCUT2D eigenvalue weighted by molar-refractivity contribution is 0.174. The fourth-order valence-corrected chi connectivity index (χ4v) is 3.69. The maximum absolute atomic E-state index is 5.70. The van der Waals surface area contributed by atoms with Crippen molar-refractivity contribution in [3.8, 4) is 11.5 Å². The highest BCUT2D eigenvalue weighted by atomic mass is 127. The molecule has 0 amide bonds. The molecule has 1 aromatic carbocycles. The van der Waals surface area contributed by atoms with Crippen LogP contribution in [0, 0.1) is 0 Å². The number of fused-ring (bicyclic) bond motifs is 1. The van der Waals surface area contributed by atoms with Crippen molar-refractivity contribution in [2.24, 2.45) is 4.99 Å². The summed E-state index contributed by atoms with van der Waals surface area (Å²) in [6.45, 7) is 6.71. The molecule has 0 bridgehead atoms. The van der Waals surface area contributed by atoms with Crippen LogP contribution in [0.1, 0.15) is 37.1 Å². The predicted molar refractivity (Wildman–Crippen MR) is 123 cm³/mol. The van der Waals surface area contributed by atoms with Gasteiger partial charge in [-0.2, -0.15) is 0 Å². The molecule has 2 aliphatic rings. The van der Waals surface area contributed by atoms with E-state index in [1.54, 1.807) is 6.26 Å². The molecule has 1 fully saturated rings. The van der Waals surface area contributed by atoms with Gasteiger partial charge in [0.2, 0.25) is 6.79 Å². The van der Waals surface area contributed by atoms with E-state index in [-0.39, 0.29) is 36.8 Å². The Balaban J connectivity index is 0.00000240. The molecule has 1 saturated heterocycles. The summed E-state index contributed by atoms with van der Waals surface area (Å²) < 4.78 is 16.5. The van der Waals surface area contributed by atoms with Crippen molar-refractivity contribution in [1.82, 2.24) is 15.5 Å². The number of hydrogen-bond donors (Lipinski definition) is 2. The minimum absolute atomic E-state index is 0. The Bertz CT molecular complexity index is 791. The smallest absolute Gasteiger partial charge is 0.231 e. The highest BCUT2D eigenvalue weighted by Gasteiger charge is 2.25. The molecule has 3 heterocycles. The van der Waals surface area contributed by atoms with Crippen molar-refractivity contribution in [1.29, 1.82) is 0 Å². The molecule has 0 aliphatic carbocycles. The van der Waals surface area contributed by atoms with Crippen LogP contribution in [0.4, 0.5) is 0 Å². The molecular formula is C21H29IN4O3. The summed E-state index contributed by atoms with van der Waals surface area (Å²) in [5.41, 5.74) is 1.09. The SMILES string of the molecule is CCNC(=NCc1ccc2c(c1)OCO2)NCC(c1ccco1)N1CCCC1.I. The van der Waals surface area contributed by atoms with Crippen molar-refractivity contribution in [3.63, 3.8) is 0 Å². The van der Waals surface area contributed by atoms with Crippen LogP contribution in [0.3, 0.4) is 0 Å². The van der Waals surface area contributed by atoms with Crippen LogP contribution < -0.4 is 20.1 Å². The van der Waals surface area contributed by atoms with Gasteiger partial charge in [0, 0.05) is 13.1 Å². The fourth-order valence-electron chi connectivity index (χ4n) is 3.69. The lowest BCUT2D eigenvalue weighted by Crippen LogP contribution is -2.42. The quantitative estimate of drug-likeness (QED) is 0.336. The number of benzene rings is 1. The number of guanidine groups is 1. The van der Waals surface area contributed by atoms with Gasteiger partial charge in [-0.25, -0.2) is 4.99 Å². The van der Waals surface area contributed by atoms with Gasteiger partial charge in [-0.1, -0.05) is 6.07 Å². The average molecular weight is 512 g/mol. The van der Waals surface area contributed by atoms with E-state index in [1.165, 1.54) is 12.8 Å². The molecule has 7 nitrogen and oxygen atoms in total. The topological polar surface area (TPSA) is 71.3 Å². The summed E-state index contributed by atoms with van der Waals surface area (Å²) in [7, 11) is 0. The van der Waals surface area contributed by atoms with Crippen LogP contribution in [0.5, 0.6) is 11.5 Å². The Morgan fingerprint density at radius 2 is 1.97 bits per heavy atom. The molecule has 0 saturated carbocycles. The van der Waals surface area contributed by atoms with Crippen LogP contribution in [0.15, 0.2) is 46.0 Å². The number of furan rings is 1. The molecule has 4 rings (SSSR count). The molecule has 0 spiro atoms. The maximum atomic E-state index is 5.70. The number of rotatable bonds is 7. The molecule has 158 valence electrons. The lowest BCUT2D eigenvalue weighted by atomic mass is 10.2. The Morgan fingerprint density at radius 1 is 1.14 bits per heavy atom. The summed E-state index contributed by atoms with van der Waals surface area (Å²) in [6.07, 6.45) is 4.24. The van der Waals surface area contributed by atoms with E-state index in [1.807, 2.05) is 24.3 Å². The largest absolute Gasteiger partial charge is 0.468 e. The zero-order valence-corrected chi connectivity index (χ0v) is 19.1. The summed E-state index contributed by atoms with van der Waals surface area (Å²) in [5, 5.41) is 6.82. The van der Waals surface area contributed by atoms with Gasteiger partial charge in [0.25, 0.3) is 0 Å². The van der Waals surface area contributed by atoms with E-state index < -0.39 is 0 Å². The number of ether oxygens (including phenoxy) is 2. The number of aliphatic imine (C=N–C) groups is 1. The molecule has 1 unspecified atom stereocenters. The Kier molecular flexibility index (Phi) is 8.05. The predicted octanol–water partition coefficient (Wildman–Crippen LogP) is 3.52. The Morgan fingerprint density at radius 3 is 2.72 bits per heavy atom. The Hall–Kier alpha value is -1.94. The van der Waals surface area contributed by atoms with Crippen LogP contribution in [0.25, 0.3) is 0 Å². The van der Waals surface area contributed by atoms with Crippen molar-refractivity contribution in [2.45, 2.75) is 32.4 Å². The van der Waals surface area contributed by atoms with Gasteiger partial charge < -0.3 is 24.5 Å². The van der Waals surface area contributed by atoms with E-state index >= 15 is 0 Å². The number of hydrogen-bond acceptors (Lipinski definition) is 5. The highest BCUT2D eigenvalue weighted by molar-refractivity contribution is 14.0. The van der Waals surface area contributed by atoms with Gasteiger partial charge in [0.1, 0.15) is 5.76 Å². The fraction of sp³-hybridized carbons (Fsp3) is 0.476. The molecule has 1 aromatic heterocycles. The first-order valence-corrected chi connectivity index (χ1v) is 10.0. The van der Waals surface area contributed by atoms with Crippen LogP contribution >= 0.6 is 24.0 Å². The monoisotopic (exact) mass is 512 g/mol. The lowest BCUT2D eigenvalue weighted by Gasteiger charge is -2.26. The molecule has 1 atom stereocenters. The second-order valence-electron chi connectivity index (χ2n) is 7.04. The van der Waals surface area contributed by atoms with Crippen LogP contribution in [-0.2, 0) is 6.54 Å². The minimum Gasteiger partial charge on any atom is -0.468 e. The second kappa shape index (κ2) is 10.7. The van der Waals surface area contributed by atoms with E-state index in [4.69, 9.17) is 18.9 Å². The molecule has 2 N–H and O–H groups in total. The van der Waals surface area contributed by atoms with Crippen LogP contribution in [0.2, 0.25) is 0 Å². The van der Waals surface area contributed by atoms with Gasteiger partial charge in [0.05, 0.1) is 18.8 Å². The number of likely N-dealkylation sites (tertiary alicyclic amines) is 1. The standard InChI is InChI=1S/C21H28N4O3.HI/c1-2-22-21(23-13-16-7-8-19-20(12-16)28-15-27-19)24-14-17(18-6-5-11-26-18)25-9-3-4-10-25;/h5-8,11-12,17H,2-4,9-10,13-15H2,1H3,(H2,22,23,24);1H. The second-order valence-corrected chi connectivity index (χ2v) is 7.04. The summed E-state index contributed by atoms with van der Waals surface area (Å²) in [5.74, 6) is 3.39. The first-order chi connectivity index (χ1) is 13.8. The Labute approximate surface area is 188 Å². The number of halogens is 1. The molecule has 2 aliphatic heterocycles. The van der Waals surface area contributed by atoms with Gasteiger partial charge >= 0.3 is 0 Å². The van der Waals surface area contributed by atoms with Gasteiger partial charge in [-0.05, 0) is 62.7 Å². The van der Waals surface area contributed by atoms with Crippen molar-refractivity contribution in [2.75, 3.05) is 33.0 Å². The summed E-state index contributed by atoms with van der Waals surface area (Å²) >= 11 is 0. The van der Waals surface area contributed by atoms with E-state index in [2.05, 4.69) is 28.5 Å². The van der Waals surface area contributed by atoms with Crippen LogP contribution in [-0.4, -0.2) is 43.8 Å². The van der Waals surface area contributed by atoms with Crippen molar-refractivity contribution in [3.05, 3.63) is 47.9 Å². The van der Waals surface area contributed by atoms with E-state index in [0.29, 0.717) is 6.54 Å². The number of nitrogens with zero attached hydrogens (tertiary/aromatic N) is 2. The van der Waals surface area contributed by atoms with Gasteiger partial charge in [0.15, 0.2) is 17.5 Å². The third kappa shape index (κ3) is 5.57. The third-order valence-corrected chi connectivity index (χ3v) is 5.12. The first kappa shape index (κ1) is 21.8. The molecule has 0 radical (unpaired) electrons. The zero-order chi connectivity index (χ0) is 19.2. The third-order valence-electron chi connectivity index (χ3n) is 5.12. The first-order valence-electron chi connectivity index (χ1n) is 10.0. The summed E-state index contributed by atoms with van der Waals surface area (Å²) in [6, 6.07) is 10.2. The molecule has 29 heavy (non-hydrogen) atoms. The number of nitrogens with one attached hydrogen (secondary N) is 2. The maximum Gasteiger partial charge on any atom is 0.231 e. The van der Waals surface area contributed by atoms with Crippen molar-refractivity contribution >= 4 is 29.9 Å². The highest BCUT2D eigenvalue weighted by Crippen LogP contribution is 2.32. The van der Waals surface area contributed by atoms with E-state index in [0.717, 1.165) is 55.0 Å². The van der Waals surface area contributed by atoms with Gasteiger partial charge in [-0.15, -0.1) is 24.0 Å². The van der Waals surface area contributed by atoms with E-state index in [9.17, 15) is 0 Å². The molecule has 8 heteroatoms.